The van der Waals surface area contributed by atoms with E-state index in [2.05, 4.69) is 6.92 Å². The van der Waals surface area contributed by atoms with Crippen molar-refractivity contribution >= 4 is 11.9 Å². The van der Waals surface area contributed by atoms with Gasteiger partial charge in [0.2, 0.25) is 0 Å². The van der Waals surface area contributed by atoms with Crippen LogP contribution < -0.4 is 0 Å². The Morgan fingerprint density at radius 1 is 0.812 bits per heavy atom. The summed E-state index contributed by atoms with van der Waals surface area (Å²) < 4.78 is 11.1. The van der Waals surface area contributed by atoms with Gasteiger partial charge in [0.1, 0.15) is 6.10 Å². The maximum Gasteiger partial charge on any atom is 0.305 e. The molecule has 0 aromatic heterocycles. The van der Waals surface area contributed by atoms with Crippen LogP contribution in [0.3, 0.4) is 0 Å². The Morgan fingerprint density at radius 3 is 1.78 bits per heavy atom. The molecule has 2 unspecified atom stereocenters. The molecule has 0 saturated carbocycles. The van der Waals surface area contributed by atoms with Crippen molar-refractivity contribution in [2.45, 2.75) is 123 Å². The van der Waals surface area contributed by atoms with Gasteiger partial charge in [-0.3, -0.25) is 9.59 Å². The van der Waals surface area contributed by atoms with Crippen molar-refractivity contribution in [2.24, 2.45) is 0 Å². The Morgan fingerprint density at radius 2 is 1.31 bits per heavy atom. The fourth-order valence-electron chi connectivity index (χ4n) is 3.97. The maximum atomic E-state index is 11.1. The smallest absolute Gasteiger partial charge is 0.305 e. The third kappa shape index (κ3) is 15.9. The Hall–Kier alpha value is -1.88. The molecule has 0 spiro atoms. The van der Waals surface area contributed by atoms with Crippen molar-refractivity contribution in [1.82, 2.24) is 0 Å². The third-order valence-corrected chi connectivity index (χ3v) is 5.82. The highest BCUT2D eigenvalue weighted by molar-refractivity contribution is 5.67. The van der Waals surface area contributed by atoms with Gasteiger partial charge in [0.05, 0.1) is 19.1 Å². The largest absolute Gasteiger partial charge is 0.481 e. The van der Waals surface area contributed by atoms with E-state index in [-0.39, 0.29) is 24.6 Å². The van der Waals surface area contributed by atoms with Gasteiger partial charge in [-0.2, -0.15) is 0 Å². The summed E-state index contributed by atoms with van der Waals surface area (Å²) in [5, 5.41) is 9.13. The minimum Gasteiger partial charge on any atom is -0.481 e. The van der Waals surface area contributed by atoms with Gasteiger partial charge in [-0.15, -0.1) is 0 Å². The fourth-order valence-corrected chi connectivity index (χ4v) is 3.97. The zero-order valence-corrected chi connectivity index (χ0v) is 20.2. The topological polar surface area (TPSA) is 72.8 Å². The number of esters is 1. The molecule has 1 rings (SSSR count). The summed E-state index contributed by atoms with van der Waals surface area (Å²) in [5.41, 5.74) is 1.08. The second-order valence-electron chi connectivity index (χ2n) is 8.77. The van der Waals surface area contributed by atoms with Crippen LogP contribution in [0, 0.1) is 0 Å². The van der Waals surface area contributed by atoms with Gasteiger partial charge in [-0.25, -0.2) is 0 Å². The Kier molecular flexibility index (Phi) is 16.4. The Labute approximate surface area is 194 Å². The molecule has 0 saturated heterocycles. The highest BCUT2D eigenvalue weighted by Crippen LogP contribution is 2.17. The molecule has 1 aromatic carbocycles. The first kappa shape index (κ1) is 28.2. The van der Waals surface area contributed by atoms with Gasteiger partial charge in [-0.1, -0.05) is 95.0 Å². The van der Waals surface area contributed by atoms with E-state index in [9.17, 15) is 9.59 Å². The van der Waals surface area contributed by atoms with Gasteiger partial charge in [0.15, 0.2) is 0 Å². The number of carbonyl (C=O) groups is 2. The number of carboxylic acid groups (broad SMARTS) is 1. The lowest BCUT2D eigenvalue weighted by atomic mass is 10.0. The van der Waals surface area contributed by atoms with Crippen LogP contribution in [0.25, 0.3) is 0 Å². The Bertz CT molecular complexity index is 601. The molecule has 1 N–H and O–H groups in total. The molecule has 0 radical (unpaired) electrons. The summed E-state index contributed by atoms with van der Waals surface area (Å²) >= 11 is 0. The number of ether oxygens (including phenoxy) is 2. The molecule has 5 heteroatoms. The van der Waals surface area contributed by atoms with Gasteiger partial charge < -0.3 is 14.6 Å². The van der Waals surface area contributed by atoms with Crippen molar-refractivity contribution in [3.05, 3.63) is 35.9 Å². The van der Waals surface area contributed by atoms with Crippen LogP contribution in [-0.4, -0.2) is 29.3 Å². The zero-order chi connectivity index (χ0) is 23.4. The molecule has 0 fully saturated rings. The first-order chi connectivity index (χ1) is 15.5. The van der Waals surface area contributed by atoms with Gasteiger partial charge >= 0.3 is 11.9 Å². The molecular weight excluding hydrogens is 404 g/mol. The lowest BCUT2D eigenvalue weighted by Gasteiger charge is -2.16. The normalized spacial score (nSPS) is 12.9. The number of rotatable bonds is 20. The van der Waals surface area contributed by atoms with E-state index >= 15 is 0 Å². The van der Waals surface area contributed by atoms with Crippen molar-refractivity contribution in [2.75, 3.05) is 0 Å². The van der Waals surface area contributed by atoms with E-state index < -0.39 is 5.97 Å². The van der Waals surface area contributed by atoms with Gasteiger partial charge in [0.25, 0.3) is 0 Å². The van der Waals surface area contributed by atoms with Crippen LogP contribution in [0.2, 0.25) is 0 Å². The summed E-state index contributed by atoms with van der Waals surface area (Å²) in [4.78, 5) is 22.1. The molecular formula is C27H44O5. The molecule has 0 aliphatic carbocycles. The minimum atomic E-state index is -0.792. The average Bonchev–Trinajstić information content (AvgIpc) is 2.77. The van der Waals surface area contributed by atoms with E-state index in [1.807, 2.05) is 30.3 Å². The van der Waals surface area contributed by atoms with E-state index in [1.54, 1.807) is 0 Å². The predicted octanol–water partition coefficient (Wildman–Crippen LogP) is 7.07. The van der Waals surface area contributed by atoms with Crippen molar-refractivity contribution in [3.8, 4) is 0 Å². The first-order valence-corrected chi connectivity index (χ1v) is 12.6. The number of aliphatic carboxylic acids is 1. The van der Waals surface area contributed by atoms with Crippen molar-refractivity contribution in [1.29, 1.82) is 0 Å². The molecule has 182 valence electrons. The summed E-state index contributed by atoms with van der Waals surface area (Å²) in [7, 11) is 0. The quantitative estimate of drug-likeness (QED) is 0.171. The fraction of sp³-hybridized carbons (Fsp3) is 0.704. The second-order valence-corrected chi connectivity index (χ2v) is 8.77. The average molecular weight is 449 g/mol. The highest BCUT2D eigenvalue weighted by atomic mass is 16.5. The molecule has 5 nitrogen and oxygen atoms in total. The van der Waals surface area contributed by atoms with E-state index in [1.165, 1.54) is 51.9 Å². The summed E-state index contributed by atoms with van der Waals surface area (Å²) in [6.45, 7) is 4.02. The molecule has 1 aromatic rings. The third-order valence-electron chi connectivity index (χ3n) is 5.82. The number of unbranched alkanes of at least 4 members (excludes halogenated alkanes) is 9. The summed E-state index contributed by atoms with van der Waals surface area (Å²) in [5.74, 6) is -0.964. The Balaban J connectivity index is 1.99. The van der Waals surface area contributed by atoms with E-state index in [4.69, 9.17) is 14.6 Å². The SMILES string of the molecule is CCC(CCCCCCCCCCCCC(CC(=O)O)OCc1ccccc1)OC(C)=O. The second kappa shape index (κ2) is 18.7. The van der Waals surface area contributed by atoms with Crippen LogP contribution in [-0.2, 0) is 25.7 Å². The first-order valence-electron chi connectivity index (χ1n) is 12.6. The number of benzene rings is 1. The van der Waals surface area contributed by atoms with Gasteiger partial charge in [0, 0.05) is 6.92 Å². The van der Waals surface area contributed by atoms with Crippen LogP contribution >= 0.6 is 0 Å². The molecule has 0 bridgehead atoms. The monoisotopic (exact) mass is 448 g/mol. The molecule has 0 aliphatic heterocycles. The number of hydrogen-bond acceptors (Lipinski definition) is 4. The zero-order valence-electron chi connectivity index (χ0n) is 20.2. The predicted molar refractivity (Wildman–Crippen MR) is 129 cm³/mol. The summed E-state index contributed by atoms with van der Waals surface area (Å²) in [6.07, 6.45) is 14.7. The minimum absolute atomic E-state index is 0.0761. The molecule has 0 aliphatic rings. The van der Waals surface area contributed by atoms with Crippen LogP contribution in [0.4, 0.5) is 0 Å². The number of carbonyl (C=O) groups excluding carboxylic acids is 1. The lowest BCUT2D eigenvalue weighted by Crippen LogP contribution is -2.17. The summed E-state index contributed by atoms with van der Waals surface area (Å²) in [6, 6.07) is 9.91. The molecule has 0 amide bonds. The number of hydrogen-bond donors (Lipinski definition) is 1. The van der Waals surface area contributed by atoms with E-state index in [0.29, 0.717) is 6.61 Å². The van der Waals surface area contributed by atoms with Crippen molar-refractivity contribution in [3.63, 3.8) is 0 Å². The molecule has 2 atom stereocenters. The standard InChI is InChI=1S/C27H44O5/c1-3-25(32-23(2)28)19-15-10-8-6-4-5-7-9-11-16-20-26(21-27(29)30)31-22-24-17-13-12-14-18-24/h12-14,17-18,25-26H,3-11,15-16,19-22H2,1-2H3,(H,29,30). The highest BCUT2D eigenvalue weighted by Gasteiger charge is 2.14. The van der Waals surface area contributed by atoms with Gasteiger partial charge in [-0.05, 0) is 31.2 Å². The van der Waals surface area contributed by atoms with Crippen LogP contribution in [0.1, 0.15) is 109 Å². The number of carboxylic acids is 1. The molecule has 0 heterocycles. The van der Waals surface area contributed by atoms with Crippen LogP contribution in [0.5, 0.6) is 0 Å². The molecule has 32 heavy (non-hydrogen) atoms. The van der Waals surface area contributed by atoms with Crippen LogP contribution in [0.15, 0.2) is 30.3 Å². The van der Waals surface area contributed by atoms with E-state index in [0.717, 1.165) is 44.1 Å². The van der Waals surface area contributed by atoms with Crippen molar-refractivity contribution < 1.29 is 24.2 Å². The maximum absolute atomic E-state index is 11.1. The lowest BCUT2D eigenvalue weighted by molar-refractivity contribution is -0.147.